The van der Waals surface area contributed by atoms with E-state index < -0.39 is 0 Å². The van der Waals surface area contributed by atoms with Crippen molar-refractivity contribution in [2.75, 3.05) is 34.0 Å². The van der Waals surface area contributed by atoms with Gasteiger partial charge in [-0.05, 0) is 51.0 Å². The monoisotopic (exact) mass is 257 g/mol. The van der Waals surface area contributed by atoms with Gasteiger partial charge in [0.15, 0.2) is 0 Å². The quantitative estimate of drug-likeness (QED) is 0.644. The van der Waals surface area contributed by atoms with Crippen molar-refractivity contribution in [2.24, 2.45) is 11.8 Å². The molecule has 1 saturated carbocycles. The molecule has 0 aliphatic heterocycles. The molecule has 1 rings (SSSR count). The predicted octanol–water partition coefficient (Wildman–Crippen LogP) is 2.84. The van der Waals surface area contributed by atoms with E-state index in [1.165, 1.54) is 32.1 Å². The fourth-order valence-electron chi connectivity index (χ4n) is 3.07. The van der Waals surface area contributed by atoms with Gasteiger partial charge >= 0.3 is 0 Å². The lowest BCUT2D eigenvalue weighted by atomic mass is 9.75. The van der Waals surface area contributed by atoms with Crippen LogP contribution in [0.4, 0.5) is 0 Å². The molecule has 18 heavy (non-hydrogen) atoms. The molecule has 108 valence electrons. The van der Waals surface area contributed by atoms with Crippen LogP contribution in [-0.4, -0.2) is 40.0 Å². The van der Waals surface area contributed by atoms with Gasteiger partial charge in [0.1, 0.15) is 0 Å². The zero-order valence-corrected chi connectivity index (χ0v) is 12.4. The molecule has 0 saturated heterocycles. The number of nitrogens with one attached hydrogen (secondary N) is 1. The summed E-state index contributed by atoms with van der Waals surface area (Å²) in [6.45, 7) is 4.87. The number of hydrogen-bond donors (Lipinski definition) is 1. The fourth-order valence-corrected chi connectivity index (χ4v) is 3.07. The summed E-state index contributed by atoms with van der Waals surface area (Å²) in [5, 5.41) is 3.48. The summed E-state index contributed by atoms with van der Waals surface area (Å²) in [4.78, 5) is 0. The van der Waals surface area contributed by atoms with E-state index in [0.29, 0.717) is 6.04 Å². The molecule has 0 heterocycles. The third kappa shape index (κ3) is 5.68. The average molecular weight is 257 g/mol. The highest BCUT2D eigenvalue weighted by Gasteiger charge is 2.28. The third-order valence-electron chi connectivity index (χ3n) is 4.31. The summed E-state index contributed by atoms with van der Waals surface area (Å²) < 4.78 is 10.7. The van der Waals surface area contributed by atoms with Crippen molar-refractivity contribution in [3.05, 3.63) is 0 Å². The minimum atomic E-state index is 0.704. The Kier molecular flexibility index (Phi) is 8.64. The smallest absolute Gasteiger partial charge is 0.0487 e. The van der Waals surface area contributed by atoms with E-state index in [2.05, 4.69) is 19.3 Å². The molecule has 0 aromatic carbocycles. The van der Waals surface area contributed by atoms with Crippen LogP contribution in [-0.2, 0) is 9.47 Å². The first-order valence-electron chi connectivity index (χ1n) is 7.55. The van der Waals surface area contributed by atoms with E-state index in [1.807, 2.05) is 0 Å². The maximum atomic E-state index is 5.69. The van der Waals surface area contributed by atoms with E-state index in [-0.39, 0.29) is 0 Å². The van der Waals surface area contributed by atoms with Gasteiger partial charge in [-0.25, -0.2) is 0 Å². The van der Waals surface area contributed by atoms with Gasteiger partial charge < -0.3 is 14.8 Å². The highest BCUT2D eigenvalue weighted by Crippen LogP contribution is 2.33. The second-order valence-corrected chi connectivity index (χ2v) is 5.49. The van der Waals surface area contributed by atoms with Crippen molar-refractivity contribution in [1.29, 1.82) is 0 Å². The Bertz CT molecular complexity index is 199. The summed E-state index contributed by atoms with van der Waals surface area (Å²) in [5.41, 5.74) is 0. The molecular weight excluding hydrogens is 226 g/mol. The van der Waals surface area contributed by atoms with Crippen LogP contribution in [0.15, 0.2) is 0 Å². The molecular formula is C15H31NO2. The summed E-state index contributed by atoms with van der Waals surface area (Å²) in [5.74, 6) is 1.74. The first-order chi connectivity index (χ1) is 8.81. The number of rotatable bonds is 9. The van der Waals surface area contributed by atoms with Crippen molar-refractivity contribution in [3.63, 3.8) is 0 Å². The van der Waals surface area contributed by atoms with Gasteiger partial charge in [0.2, 0.25) is 0 Å². The Hall–Kier alpha value is -0.120. The molecule has 3 nitrogen and oxygen atoms in total. The third-order valence-corrected chi connectivity index (χ3v) is 4.31. The van der Waals surface area contributed by atoms with Gasteiger partial charge in [0.05, 0.1) is 0 Å². The van der Waals surface area contributed by atoms with Crippen LogP contribution in [0.3, 0.4) is 0 Å². The van der Waals surface area contributed by atoms with Gasteiger partial charge in [-0.1, -0.05) is 13.3 Å². The minimum Gasteiger partial charge on any atom is -0.385 e. The second kappa shape index (κ2) is 9.76. The van der Waals surface area contributed by atoms with E-state index in [0.717, 1.165) is 38.1 Å². The van der Waals surface area contributed by atoms with Crippen molar-refractivity contribution in [1.82, 2.24) is 5.32 Å². The molecule has 3 unspecified atom stereocenters. The van der Waals surface area contributed by atoms with Gasteiger partial charge in [-0.2, -0.15) is 0 Å². The van der Waals surface area contributed by atoms with Gasteiger partial charge in [-0.15, -0.1) is 0 Å². The van der Waals surface area contributed by atoms with Crippen LogP contribution in [0.1, 0.15) is 45.4 Å². The highest BCUT2D eigenvalue weighted by molar-refractivity contribution is 4.83. The molecule has 0 spiro atoms. The van der Waals surface area contributed by atoms with Crippen LogP contribution < -0.4 is 5.32 Å². The molecule has 0 aromatic heterocycles. The van der Waals surface area contributed by atoms with Gasteiger partial charge in [0, 0.05) is 33.0 Å². The Balaban J connectivity index is 2.16. The lowest BCUT2D eigenvalue weighted by molar-refractivity contribution is 0.0798. The van der Waals surface area contributed by atoms with Crippen molar-refractivity contribution >= 4 is 0 Å². The Labute approximate surface area is 113 Å². The molecule has 1 fully saturated rings. The summed E-state index contributed by atoms with van der Waals surface area (Å²) in [7, 11) is 3.84. The van der Waals surface area contributed by atoms with Gasteiger partial charge in [0.25, 0.3) is 0 Å². The number of methoxy groups -OCH3 is 1. The lowest BCUT2D eigenvalue weighted by Crippen LogP contribution is -2.39. The first-order valence-corrected chi connectivity index (χ1v) is 7.55. The maximum absolute atomic E-state index is 5.69. The SMILES string of the molecule is CCC1CCC(NC)C(CCOCCCOC)C1. The molecule has 3 heteroatoms. The number of ether oxygens (including phenoxy) is 2. The normalized spacial score (nSPS) is 28.5. The zero-order valence-electron chi connectivity index (χ0n) is 12.4. The van der Waals surface area contributed by atoms with E-state index >= 15 is 0 Å². The molecule has 1 aliphatic carbocycles. The van der Waals surface area contributed by atoms with Crippen LogP contribution >= 0.6 is 0 Å². The standard InChI is InChI=1S/C15H31NO2/c1-4-13-6-7-15(16-2)14(12-13)8-11-18-10-5-9-17-3/h13-16H,4-12H2,1-3H3. The second-order valence-electron chi connectivity index (χ2n) is 5.49. The molecule has 0 aromatic rings. The fraction of sp³-hybridized carbons (Fsp3) is 1.00. The summed E-state index contributed by atoms with van der Waals surface area (Å²) in [6.07, 6.45) is 7.66. The minimum absolute atomic E-state index is 0.704. The highest BCUT2D eigenvalue weighted by atomic mass is 16.5. The van der Waals surface area contributed by atoms with Crippen LogP contribution in [0, 0.1) is 11.8 Å². The van der Waals surface area contributed by atoms with Crippen LogP contribution in [0.25, 0.3) is 0 Å². The summed E-state index contributed by atoms with van der Waals surface area (Å²) >= 11 is 0. The zero-order chi connectivity index (χ0) is 13.2. The topological polar surface area (TPSA) is 30.5 Å². The maximum Gasteiger partial charge on any atom is 0.0487 e. The van der Waals surface area contributed by atoms with Gasteiger partial charge in [-0.3, -0.25) is 0 Å². The molecule has 0 radical (unpaired) electrons. The van der Waals surface area contributed by atoms with Crippen molar-refractivity contribution in [2.45, 2.75) is 51.5 Å². The molecule has 0 amide bonds. The Morgan fingerprint density at radius 2 is 2.00 bits per heavy atom. The van der Waals surface area contributed by atoms with E-state index in [4.69, 9.17) is 9.47 Å². The van der Waals surface area contributed by atoms with Crippen LogP contribution in [0.5, 0.6) is 0 Å². The lowest BCUT2D eigenvalue weighted by Gasteiger charge is -2.35. The van der Waals surface area contributed by atoms with Crippen LogP contribution in [0.2, 0.25) is 0 Å². The number of hydrogen-bond acceptors (Lipinski definition) is 3. The largest absolute Gasteiger partial charge is 0.385 e. The summed E-state index contributed by atoms with van der Waals surface area (Å²) in [6, 6.07) is 0.704. The first kappa shape index (κ1) is 15.9. The predicted molar refractivity (Wildman–Crippen MR) is 75.9 cm³/mol. The van der Waals surface area contributed by atoms with Crippen molar-refractivity contribution < 1.29 is 9.47 Å². The molecule has 1 N–H and O–H groups in total. The van der Waals surface area contributed by atoms with E-state index in [1.54, 1.807) is 7.11 Å². The average Bonchev–Trinajstić information content (AvgIpc) is 2.42. The molecule has 0 bridgehead atoms. The molecule has 1 aliphatic rings. The Morgan fingerprint density at radius 3 is 2.67 bits per heavy atom. The Morgan fingerprint density at radius 1 is 1.17 bits per heavy atom. The van der Waals surface area contributed by atoms with E-state index in [9.17, 15) is 0 Å². The molecule has 3 atom stereocenters. The van der Waals surface area contributed by atoms with Crippen molar-refractivity contribution in [3.8, 4) is 0 Å².